The lowest BCUT2D eigenvalue weighted by Crippen LogP contribution is -2.23. The number of hydrogen-bond acceptors (Lipinski definition) is 2. The minimum absolute atomic E-state index is 0.135. The molecule has 0 radical (unpaired) electrons. The standard InChI is InChI=1S/C20H23NO.C2H6/c1-2-20(22)19-15-21(13-16-9-5-3-6-10-16)14-18(19)17-11-7-4-8-12-17;1-2/h3-12,18-19H,2,13-15H2,1H3;1-2H3/t18-,19+;/m1./s1. The first-order valence-corrected chi connectivity index (χ1v) is 9.12. The minimum Gasteiger partial charge on any atom is -0.299 e. The normalized spacial score (nSPS) is 20.3. The summed E-state index contributed by atoms with van der Waals surface area (Å²) >= 11 is 0. The molecular weight excluding hydrogens is 294 g/mol. The number of carbonyl (C=O) groups excluding carboxylic acids is 1. The van der Waals surface area contributed by atoms with Gasteiger partial charge in [0.2, 0.25) is 0 Å². The fourth-order valence-electron chi connectivity index (χ4n) is 3.48. The minimum atomic E-state index is 0.135. The Morgan fingerprint density at radius 3 is 2.12 bits per heavy atom. The Bertz CT molecular complexity index is 608. The van der Waals surface area contributed by atoms with E-state index in [0.29, 0.717) is 18.1 Å². The number of carbonyl (C=O) groups is 1. The average Bonchev–Trinajstić information content (AvgIpc) is 3.08. The second-order valence-electron chi connectivity index (χ2n) is 6.12. The van der Waals surface area contributed by atoms with E-state index in [9.17, 15) is 4.79 Å². The molecular formula is C22H29NO. The highest BCUT2D eigenvalue weighted by Gasteiger charge is 2.37. The maximum Gasteiger partial charge on any atom is 0.137 e. The van der Waals surface area contributed by atoms with E-state index in [0.717, 1.165) is 19.6 Å². The maximum absolute atomic E-state index is 12.4. The molecule has 0 amide bonds. The highest BCUT2D eigenvalue weighted by molar-refractivity contribution is 5.82. The molecule has 0 unspecified atom stereocenters. The molecule has 0 bridgehead atoms. The maximum atomic E-state index is 12.4. The van der Waals surface area contributed by atoms with Crippen LogP contribution in [0.3, 0.4) is 0 Å². The Morgan fingerprint density at radius 2 is 1.54 bits per heavy atom. The molecule has 0 aromatic heterocycles. The number of rotatable bonds is 5. The summed E-state index contributed by atoms with van der Waals surface area (Å²) in [6.07, 6.45) is 0.632. The van der Waals surface area contributed by atoms with Crippen LogP contribution < -0.4 is 0 Å². The number of ketones is 1. The van der Waals surface area contributed by atoms with Crippen LogP contribution in [0.2, 0.25) is 0 Å². The van der Waals surface area contributed by atoms with Gasteiger partial charge in [-0.3, -0.25) is 9.69 Å². The summed E-state index contributed by atoms with van der Waals surface area (Å²) in [5, 5.41) is 0. The van der Waals surface area contributed by atoms with Gasteiger partial charge in [0.1, 0.15) is 5.78 Å². The second-order valence-corrected chi connectivity index (χ2v) is 6.12. The molecule has 128 valence electrons. The van der Waals surface area contributed by atoms with Gasteiger partial charge in [-0.2, -0.15) is 0 Å². The lowest BCUT2D eigenvalue weighted by Gasteiger charge is -2.17. The highest BCUT2D eigenvalue weighted by Crippen LogP contribution is 2.34. The van der Waals surface area contributed by atoms with Crippen LogP contribution in [-0.4, -0.2) is 23.8 Å². The first-order chi connectivity index (χ1) is 11.8. The number of hydrogen-bond donors (Lipinski definition) is 0. The van der Waals surface area contributed by atoms with E-state index >= 15 is 0 Å². The van der Waals surface area contributed by atoms with E-state index < -0.39 is 0 Å². The van der Waals surface area contributed by atoms with Gasteiger partial charge in [0.15, 0.2) is 0 Å². The van der Waals surface area contributed by atoms with Crippen LogP contribution in [0.1, 0.15) is 44.2 Å². The van der Waals surface area contributed by atoms with Crippen molar-refractivity contribution in [2.45, 2.75) is 39.7 Å². The van der Waals surface area contributed by atoms with E-state index in [1.165, 1.54) is 11.1 Å². The van der Waals surface area contributed by atoms with E-state index in [2.05, 4.69) is 53.4 Å². The Labute approximate surface area is 146 Å². The van der Waals surface area contributed by atoms with Crippen LogP contribution in [0.4, 0.5) is 0 Å². The van der Waals surface area contributed by atoms with Gasteiger partial charge in [0, 0.05) is 37.9 Å². The summed E-state index contributed by atoms with van der Waals surface area (Å²) in [6.45, 7) is 8.75. The van der Waals surface area contributed by atoms with Crippen LogP contribution in [0.25, 0.3) is 0 Å². The predicted molar refractivity (Wildman–Crippen MR) is 101 cm³/mol. The fourth-order valence-corrected chi connectivity index (χ4v) is 3.48. The summed E-state index contributed by atoms with van der Waals surface area (Å²) in [5.41, 5.74) is 2.61. The van der Waals surface area contributed by atoms with Crippen LogP contribution >= 0.6 is 0 Å². The van der Waals surface area contributed by atoms with Gasteiger partial charge in [-0.05, 0) is 11.1 Å². The van der Waals surface area contributed by atoms with Gasteiger partial charge >= 0.3 is 0 Å². The summed E-state index contributed by atoms with van der Waals surface area (Å²) in [4.78, 5) is 14.8. The van der Waals surface area contributed by atoms with Crippen molar-refractivity contribution in [3.63, 3.8) is 0 Å². The average molecular weight is 323 g/mol. The van der Waals surface area contributed by atoms with E-state index in [-0.39, 0.29) is 5.92 Å². The molecule has 2 aromatic carbocycles. The zero-order valence-electron chi connectivity index (χ0n) is 15.1. The Kier molecular flexibility index (Phi) is 7.20. The lowest BCUT2D eigenvalue weighted by molar-refractivity contribution is -0.122. The zero-order valence-corrected chi connectivity index (χ0v) is 15.1. The van der Waals surface area contributed by atoms with Gasteiger partial charge in [0.05, 0.1) is 0 Å². The molecule has 3 rings (SSSR count). The molecule has 0 aliphatic carbocycles. The summed E-state index contributed by atoms with van der Waals surface area (Å²) in [6, 6.07) is 21.0. The molecule has 1 aliphatic heterocycles. The molecule has 24 heavy (non-hydrogen) atoms. The summed E-state index contributed by atoms with van der Waals surface area (Å²) < 4.78 is 0. The third kappa shape index (κ3) is 4.55. The molecule has 1 fully saturated rings. The van der Waals surface area contributed by atoms with Crippen molar-refractivity contribution in [1.29, 1.82) is 0 Å². The highest BCUT2D eigenvalue weighted by atomic mass is 16.1. The predicted octanol–water partition coefficient (Wildman–Crippen LogP) is 4.91. The first kappa shape index (κ1) is 18.4. The van der Waals surface area contributed by atoms with Gasteiger partial charge in [-0.25, -0.2) is 0 Å². The topological polar surface area (TPSA) is 20.3 Å². The van der Waals surface area contributed by atoms with Crippen molar-refractivity contribution in [2.24, 2.45) is 5.92 Å². The largest absolute Gasteiger partial charge is 0.299 e. The molecule has 1 saturated heterocycles. The first-order valence-electron chi connectivity index (χ1n) is 9.12. The molecule has 1 heterocycles. The molecule has 2 atom stereocenters. The van der Waals surface area contributed by atoms with Gasteiger partial charge in [0.25, 0.3) is 0 Å². The SMILES string of the molecule is CC.CCC(=O)[C@H]1CN(Cc2ccccc2)C[C@@H]1c1ccccc1. The zero-order chi connectivity index (χ0) is 17.4. The number of Topliss-reactive ketones (excluding diaryl/α,β-unsaturated/α-hetero) is 1. The van der Waals surface area contributed by atoms with Crippen molar-refractivity contribution in [2.75, 3.05) is 13.1 Å². The molecule has 2 nitrogen and oxygen atoms in total. The third-order valence-corrected chi connectivity index (χ3v) is 4.63. The van der Waals surface area contributed by atoms with E-state index in [1.807, 2.05) is 32.9 Å². The molecule has 2 heteroatoms. The van der Waals surface area contributed by atoms with Crippen LogP contribution in [0.5, 0.6) is 0 Å². The monoisotopic (exact) mass is 323 g/mol. The number of likely N-dealkylation sites (tertiary alicyclic amines) is 1. The van der Waals surface area contributed by atoms with Crippen molar-refractivity contribution >= 4 is 5.78 Å². The van der Waals surface area contributed by atoms with Crippen LogP contribution in [0.15, 0.2) is 60.7 Å². The van der Waals surface area contributed by atoms with Gasteiger partial charge < -0.3 is 0 Å². The van der Waals surface area contributed by atoms with Crippen molar-refractivity contribution < 1.29 is 4.79 Å². The number of nitrogens with zero attached hydrogens (tertiary/aromatic N) is 1. The second kappa shape index (κ2) is 9.39. The third-order valence-electron chi connectivity index (χ3n) is 4.63. The quantitative estimate of drug-likeness (QED) is 0.779. The fraction of sp³-hybridized carbons (Fsp3) is 0.409. The van der Waals surface area contributed by atoms with Crippen LogP contribution in [0, 0.1) is 5.92 Å². The van der Waals surface area contributed by atoms with Gasteiger partial charge in [-0.1, -0.05) is 81.4 Å². The molecule has 0 saturated carbocycles. The Morgan fingerprint density at radius 1 is 0.958 bits per heavy atom. The summed E-state index contributed by atoms with van der Waals surface area (Å²) in [7, 11) is 0. The Balaban J connectivity index is 0.00000100. The molecule has 2 aromatic rings. The van der Waals surface area contributed by atoms with E-state index in [4.69, 9.17) is 0 Å². The van der Waals surface area contributed by atoms with Gasteiger partial charge in [-0.15, -0.1) is 0 Å². The van der Waals surface area contributed by atoms with E-state index in [1.54, 1.807) is 0 Å². The smallest absolute Gasteiger partial charge is 0.137 e. The van der Waals surface area contributed by atoms with Crippen LogP contribution in [-0.2, 0) is 11.3 Å². The van der Waals surface area contributed by atoms with Crippen molar-refractivity contribution in [1.82, 2.24) is 4.90 Å². The Hall–Kier alpha value is -1.93. The van der Waals surface area contributed by atoms with Crippen molar-refractivity contribution in [3.8, 4) is 0 Å². The molecule has 1 aliphatic rings. The lowest BCUT2D eigenvalue weighted by atomic mass is 9.85. The van der Waals surface area contributed by atoms with Crippen molar-refractivity contribution in [3.05, 3.63) is 71.8 Å². The molecule has 0 spiro atoms. The number of benzene rings is 2. The summed E-state index contributed by atoms with van der Waals surface area (Å²) in [5.74, 6) is 0.859. The molecule has 0 N–H and O–H groups in total.